The number of alkyl carbamates (subject to hydrolysis) is 1. The second-order valence-electron chi connectivity index (χ2n) is 8.65. The number of aryl methyl sites for hydroxylation is 1. The first-order valence-corrected chi connectivity index (χ1v) is 13.0. The molecule has 3 N–H and O–H groups in total. The number of aromatic carboxylic acids is 1. The van der Waals surface area contributed by atoms with Crippen LogP contribution in [-0.4, -0.2) is 85.7 Å². The molecule has 0 fully saturated rings. The third-order valence-electron chi connectivity index (χ3n) is 4.69. The summed E-state index contributed by atoms with van der Waals surface area (Å²) in [5.41, 5.74) is 0.322. The quantitative estimate of drug-likeness (QED) is 0.211. The van der Waals surface area contributed by atoms with E-state index >= 15 is 0 Å². The Morgan fingerprint density at radius 3 is 2.68 bits per heavy atom. The zero-order chi connectivity index (χ0) is 24.7. The van der Waals surface area contributed by atoms with E-state index in [4.69, 9.17) is 9.47 Å². The summed E-state index contributed by atoms with van der Waals surface area (Å²) in [6, 6.07) is 3.11. The van der Waals surface area contributed by atoms with Crippen LogP contribution in [0.3, 0.4) is 0 Å². The van der Waals surface area contributed by atoms with Crippen molar-refractivity contribution in [3.8, 4) is 5.75 Å². The molecule has 11 nitrogen and oxygen atoms in total. The van der Waals surface area contributed by atoms with Gasteiger partial charge >= 0.3 is 157 Å². The Morgan fingerprint density at radius 2 is 2.00 bits per heavy atom. The molecule has 180 valence electrons. The molecule has 1 amide bonds. The fourth-order valence-electron chi connectivity index (χ4n) is 3.23. The van der Waals surface area contributed by atoms with E-state index in [0.29, 0.717) is 63.3 Å². The molecule has 0 aliphatic heterocycles. The number of aromatic nitrogens is 4. The summed E-state index contributed by atoms with van der Waals surface area (Å²) in [7, 11) is 0. The number of ether oxygens (including phenoxy) is 2. The van der Waals surface area contributed by atoms with Gasteiger partial charge in [-0.1, -0.05) is 0 Å². The number of benzene rings is 1. The van der Waals surface area contributed by atoms with Gasteiger partial charge in [-0.3, -0.25) is 0 Å². The van der Waals surface area contributed by atoms with E-state index in [-0.39, 0.29) is 5.56 Å². The van der Waals surface area contributed by atoms with Gasteiger partial charge in [0.2, 0.25) is 0 Å². The van der Waals surface area contributed by atoms with E-state index in [1.54, 1.807) is 39.2 Å². The summed E-state index contributed by atoms with van der Waals surface area (Å²) in [5.74, 6) is 0.286. The van der Waals surface area contributed by atoms with E-state index in [2.05, 4.69) is 23.1 Å². The predicted molar refractivity (Wildman–Crippen MR) is 128 cm³/mol. The number of amides is 1. The molecule has 0 aliphatic rings. The van der Waals surface area contributed by atoms with Crippen LogP contribution in [0.2, 0.25) is 0 Å². The fourth-order valence-corrected chi connectivity index (χ4v) is 4.15. The summed E-state index contributed by atoms with van der Waals surface area (Å²) in [4.78, 5) is 27.6. The Bertz CT molecular complexity index is 1140. The molecule has 34 heavy (non-hydrogen) atoms. The van der Waals surface area contributed by atoms with Gasteiger partial charge < -0.3 is 15.2 Å². The molecule has 0 atom stereocenters. The van der Waals surface area contributed by atoms with E-state index in [9.17, 15) is 14.7 Å². The maximum atomic E-state index is 11.8. The minimum atomic E-state index is -1.03. The number of fused-ring (bicyclic) bond motifs is 1. The molecule has 0 radical (unpaired) electrons. The Hall–Kier alpha value is -2.84. The number of carbonyl (C=O) groups excluding carboxylic acids is 1. The zero-order valence-electron chi connectivity index (χ0n) is 19.6. The number of imidazole rings is 1. The van der Waals surface area contributed by atoms with Gasteiger partial charge in [0, 0.05) is 6.54 Å². The molecule has 2 aromatic heterocycles. The molecule has 0 saturated heterocycles. The fraction of sp³-hybridized carbons (Fsp3) is 0.455. The van der Waals surface area contributed by atoms with Crippen LogP contribution in [0, 0.1) is 0 Å². The molecule has 0 saturated carbocycles. The molecule has 3 rings (SSSR count). The van der Waals surface area contributed by atoms with E-state index in [1.165, 1.54) is 6.07 Å². The van der Waals surface area contributed by atoms with Crippen molar-refractivity contribution in [3.63, 3.8) is 0 Å². The number of anilines is 1. The molecular formula is C22H29N6O5Tl. The molecule has 0 aliphatic carbocycles. The standard InChI is InChI=1S/C22H30N6O5.Tl/c1-22(2,3)33-21(31)26-7-5-11-32-17-13-15(19(29)30)12-16-14-27-28(18(16)17)10-4-6-23-20-24-8-9-25-20;/h8-9,12-14H,4-7,10-11H2,1-3H3,(H4,23,24,25,26,29,30,31);/q;+1/p-1. The average Bonchev–Trinajstić information content (AvgIpc) is 3.35. The third-order valence-corrected chi connectivity index (χ3v) is 6.31. The SMILES string of the molecule is CC(C)(C)OC(=O)NCCCOc1cc(C(=O)O)cc2cnn(CCCNc3ncc[n]3[Tl])c12. The van der Waals surface area contributed by atoms with Gasteiger partial charge in [-0.2, -0.15) is 0 Å². The second kappa shape index (κ2) is 11.5. The van der Waals surface area contributed by atoms with Gasteiger partial charge in [0.15, 0.2) is 0 Å². The van der Waals surface area contributed by atoms with Crippen LogP contribution in [0.5, 0.6) is 5.75 Å². The van der Waals surface area contributed by atoms with E-state index in [0.717, 1.165) is 24.4 Å². The van der Waals surface area contributed by atoms with Gasteiger partial charge in [0.25, 0.3) is 0 Å². The molecular weight excluding hydrogens is 633 g/mol. The number of hydrogen-bond acceptors (Lipinski definition) is 7. The summed E-state index contributed by atoms with van der Waals surface area (Å²) in [6.45, 7) is 7.43. The average molecular weight is 662 g/mol. The van der Waals surface area contributed by atoms with Crippen LogP contribution in [0.15, 0.2) is 30.7 Å². The van der Waals surface area contributed by atoms with Crippen molar-refractivity contribution < 1.29 is 24.2 Å². The molecule has 0 unspecified atom stereocenters. The van der Waals surface area contributed by atoms with Crippen LogP contribution < -0.4 is 15.4 Å². The van der Waals surface area contributed by atoms with Gasteiger partial charge in [0.05, 0.1) is 0 Å². The van der Waals surface area contributed by atoms with Gasteiger partial charge in [-0.25, -0.2) is 9.59 Å². The van der Waals surface area contributed by atoms with Crippen molar-refractivity contribution in [2.24, 2.45) is 0 Å². The van der Waals surface area contributed by atoms with Crippen LogP contribution in [-0.2, 0) is 11.3 Å². The number of carboxylic acids is 1. The Balaban J connectivity index is 1.60. The van der Waals surface area contributed by atoms with Crippen LogP contribution >= 0.6 is 0 Å². The van der Waals surface area contributed by atoms with Gasteiger partial charge in [-0.05, 0) is 20.8 Å². The monoisotopic (exact) mass is 662 g/mol. The second-order valence-corrected chi connectivity index (χ2v) is 10.8. The molecule has 1 aromatic carbocycles. The number of nitrogens with one attached hydrogen (secondary N) is 2. The summed E-state index contributed by atoms with van der Waals surface area (Å²) < 4.78 is 15.0. The zero-order valence-corrected chi connectivity index (χ0v) is 24.1. The number of nitrogens with zero attached hydrogens (tertiary/aromatic N) is 4. The first-order valence-electron chi connectivity index (χ1n) is 11.0. The maximum absolute atomic E-state index is 11.8. The van der Waals surface area contributed by atoms with Crippen LogP contribution in [0.1, 0.15) is 44.0 Å². The van der Waals surface area contributed by atoms with Crippen LogP contribution in [0.4, 0.5) is 10.7 Å². The number of carbonyl (C=O) groups is 2. The Labute approximate surface area is 213 Å². The van der Waals surface area contributed by atoms with Gasteiger partial charge in [-0.15, -0.1) is 0 Å². The van der Waals surface area contributed by atoms with Crippen molar-refractivity contribution in [1.29, 1.82) is 0 Å². The van der Waals surface area contributed by atoms with Crippen molar-refractivity contribution in [2.75, 3.05) is 25.0 Å². The first-order chi connectivity index (χ1) is 16.1. The van der Waals surface area contributed by atoms with Crippen molar-refractivity contribution >= 4 is 55.0 Å². The van der Waals surface area contributed by atoms with Crippen molar-refractivity contribution in [2.45, 2.75) is 45.8 Å². The molecule has 0 bridgehead atoms. The number of hydrogen-bond donors (Lipinski definition) is 3. The normalized spacial score (nSPS) is 11.4. The van der Waals surface area contributed by atoms with Crippen LogP contribution in [0.25, 0.3) is 10.9 Å². The Kier molecular flexibility index (Phi) is 8.74. The minimum absolute atomic E-state index is 0.135. The predicted octanol–water partition coefficient (Wildman–Crippen LogP) is 2.66. The molecule has 2 heterocycles. The van der Waals surface area contributed by atoms with Crippen molar-refractivity contribution in [1.82, 2.24) is 22.5 Å². The topological polar surface area (TPSA) is 133 Å². The van der Waals surface area contributed by atoms with Crippen molar-refractivity contribution in [3.05, 3.63) is 36.3 Å². The molecule has 12 heteroatoms. The molecule has 0 spiro atoms. The number of carboxylic acid groups (broad SMARTS) is 1. The first kappa shape index (κ1) is 25.8. The summed E-state index contributed by atoms with van der Waals surface area (Å²) in [6.07, 6.45) is 6.22. The van der Waals surface area contributed by atoms with E-state index in [1.807, 2.05) is 10.9 Å². The summed E-state index contributed by atoms with van der Waals surface area (Å²) in [5, 5.41) is 20.6. The Morgan fingerprint density at radius 1 is 1.21 bits per heavy atom. The van der Waals surface area contributed by atoms with Gasteiger partial charge in [0.1, 0.15) is 5.60 Å². The number of rotatable bonds is 11. The van der Waals surface area contributed by atoms with E-state index < -0.39 is 17.7 Å². The summed E-state index contributed by atoms with van der Waals surface area (Å²) >= 11 is 0.646. The third kappa shape index (κ3) is 7.33. The molecule has 3 aromatic rings.